The first-order valence-electron chi connectivity index (χ1n) is 7.49. The van der Waals surface area contributed by atoms with Crippen LogP contribution in [0.25, 0.3) is 0 Å². The molecule has 0 unspecified atom stereocenters. The normalized spacial score (nSPS) is 13.6. The molecule has 0 spiro atoms. The molecule has 6 nitrogen and oxygen atoms in total. The number of benzene rings is 2. The first-order valence-corrected chi connectivity index (χ1v) is 7.49. The minimum atomic E-state index is -1.04. The fourth-order valence-corrected chi connectivity index (χ4v) is 2.29. The Bertz CT molecular complexity index is 926. The van der Waals surface area contributed by atoms with E-state index in [0.29, 0.717) is 11.6 Å². The van der Waals surface area contributed by atoms with Gasteiger partial charge in [-0.3, -0.25) is 14.9 Å². The Morgan fingerprint density at radius 3 is 2.46 bits per heavy atom. The average Bonchev–Trinajstić information content (AvgIpc) is 2.89. The molecule has 132 valence electrons. The third kappa shape index (κ3) is 3.59. The van der Waals surface area contributed by atoms with Crippen molar-refractivity contribution in [2.24, 2.45) is 0 Å². The summed E-state index contributed by atoms with van der Waals surface area (Å²) in [6, 6.07) is 11.3. The van der Waals surface area contributed by atoms with E-state index in [1.54, 1.807) is 30.3 Å². The number of nitrogens with one attached hydrogen (secondary N) is 2. The Balaban J connectivity index is 1.84. The maximum Gasteiger partial charge on any atom is 0.346 e. The third-order valence-corrected chi connectivity index (χ3v) is 3.54. The number of hydrogen-bond acceptors (Lipinski definition) is 5. The predicted octanol–water partition coefficient (Wildman–Crippen LogP) is 2.03. The minimum absolute atomic E-state index is 0.108. The lowest BCUT2D eigenvalue weighted by atomic mass is 10.2. The molecule has 0 bridgehead atoms. The number of carbonyl (C=O) groups excluding carboxylic acids is 3. The molecule has 2 N–H and O–H groups in total. The van der Waals surface area contributed by atoms with E-state index in [1.807, 2.05) is 5.32 Å². The lowest BCUT2D eigenvalue weighted by Crippen LogP contribution is -2.25. The van der Waals surface area contributed by atoms with Crippen LogP contribution < -0.4 is 10.6 Å². The summed E-state index contributed by atoms with van der Waals surface area (Å²) in [4.78, 5) is 36.0. The zero-order chi connectivity index (χ0) is 18.7. The molecule has 26 heavy (non-hydrogen) atoms. The van der Waals surface area contributed by atoms with Crippen LogP contribution in [0.2, 0.25) is 0 Å². The molecule has 2 aromatic carbocycles. The van der Waals surface area contributed by atoms with Crippen LogP contribution >= 0.6 is 0 Å². The number of rotatable bonds is 5. The van der Waals surface area contributed by atoms with E-state index in [0.717, 1.165) is 12.1 Å². The van der Waals surface area contributed by atoms with Crippen molar-refractivity contribution in [3.63, 3.8) is 0 Å². The highest BCUT2D eigenvalue weighted by Crippen LogP contribution is 2.22. The number of hydrogen-bond donors (Lipinski definition) is 2. The monoisotopic (exact) mass is 358 g/mol. The fourth-order valence-electron chi connectivity index (χ4n) is 2.29. The zero-order valence-corrected chi connectivity index (χ0v) is 13.2. The molecule has 0 radical (unpaired) electrons. The smallest absolute Gasteiger partial charge is 0.346 e. The summed E-state index contributed by atoms with van der Waals surface area (Å²) in [5, 5.41) is 4.29. The van der Waals surface area contributed by atoms with E-state index < -0.39 is 40.7 Å². The Morgan fingerprint density at radius 2 is 1.77 bits per heavy atom. The standard InChI is InChI=1S/C18H12F2N2O4/c19-11-6-7-13(12(20)8-11)21-15-14(16(23)22-17(15)24)18(25)26-9-10-4-2-1-3-5-10/h1-8H,9H2,(H2,21,22,23,24). The quantitative estimate of drug-likeness (QED) is 0.485. The van der Waals surface area contributed by atoms with Gasteiger partial charge in [-0.05, 0) is 17.7 Å². The molecule has 1 heterocycles. The molecule has 0 saturated carbocycles. The van der Waals surface area contributed by atoms with Gasteiger partial charge in [-0.2, -0.15) is 0 Å². The van der Waals surface area contributed by atoms with Gasteiger partial charge < -0.3 is 10.1 Å². The van der Waals surface area contributed by atoms with Gasteiger partial charge in [0.15, 0.2) is 5.57 Å². The first kappa shape index (κ1) is 17.3. The van der Waals surface area contributed by atoms with Crippen LogP contribution in [-0.4, -0.2) is 17.8 Å². The number of imide groups is 1. The molecule has 2 amide bonds. The second-order valence-electron chi connectivity index (χ2n) is 5.34. The van der Waals surface area contributed by atoms with Crippen molar-refractivity contribution in [1.82, 2.24) is 5.32 Å². The van der Waals surface area contributed by atoms with Gasteiger partial charge in [0.05, 0.1) is 5.69 Å². The summed E-state index contributed by atoms with van der Waals surface area (Å²) < 4.78 is 31.8. The highest BCUT2D eigenvalue weighted by Gasteiger charge is 2.36. The van der Waals surface area contributed by atoms with Crippen molar-refractivity contribution in [3.05, 3.63) is 77.0 Å². The van der Waals surface area contributed by atoms with E-state index in [9.17, 15) is 23.2 Å². The molecule has 0 saturated heterocycles. The van der Waals surface area contributed by atoms with Crippen LogP contribution in [0.15, 0.2) is 59.8 Å². The SMILES string of the molecule is O=C1NC(=O)C(C(=O)OCc2ccccc2)=C1Nc1ccc(F)cc1F. The molecular weight excluding hydrogens is 346 g/mol. The summed E-state index contributed by atoms with van der Waals surface area (Å²) in [7, 11) is 0. The summed E-state index contributed by atoms with van der Waals surface area (Å²) in [5.41, 5.74) is -0.613. The Kier molecular flexibility index (Phi) is 4.74. The number of halogens is 2. The van der Waals surface area contributed by atoms with Crippen molar-refractivity contribution in [2.45, 2.75) is 6.61 Å². The van der Waals surface area contributed by atoms with Crippen LogP contribution in [0.1, 0.15) is 5.56 Å². The number of anilines is 1. The molecule has 1 aliphatic rings. The van der Waals surface area contributed by atoms with Crippen LogP contribution in [0.5, 0.6) is 0 Å². The maximum absolute atomic E-state index is 13.8. The van der Waals surface area contributed by atoms with Crippen LogP contribution in [0, 0.1) is 11.6 Å². The van der Waals surface area contributed by atoms with Crippen molar-refractivity contribution < 1.29 is 27.9 Å². The van der Waals surface area contributed by atoms with E-state index in [2.05, 4.69) is 5.32 Å². The Labute approximate surface area is 146 Å². The zero-order valence-electron chi connectivity index (χ0n) is 13.2. The van der Waals surface area contributed by atoms with E-state index in [1.165, 1.54) is 0 Å². The maximum atomic E-state index is 13.8. The molecular formula is C18H12F2N2O4. The van der Waals surface area contributed by atoms with E-state index >= 15 is 0 Å². The summed E-state index contributed by atoms with van der Waals surface area (Å²) >= 11 is 0. The Hall–Kier alpha value is -3.55. The summed E-state index contributed by atoms with van der Waals surface area (Å²) in [6.07, 6.45) is 0. The molecule has 8 heteroatoms. The van der Waals surface area contributed by atoms with Gasteiger partial charge in [-0.25, -0.2) is 13.6 Å². The molecule has 0 fully saturated rings. The summed E-state index contributed by atoms with van der Waals surface area (Å²) in [5.74, 6) is -4.70. The number of carbonyl (C=O) groups is 3. The second-order valence-corrected chi connectivity index (χ2v) is 5.34. The molecule has 2 aromatic rings. The van der Waals surface area contributed by atoms with Gasteiger partial charge in [0.1, 0.15) is 23.9 Å². The van der Waals surface area contributed by atoms with Crippen molar-refractivity contribution >= 4 is 23.5 Å². The summed E-state index contributed by atoms with van der Waals surface area (Å²) in [6.45, 7) is -0.108. The molecule has 0 aliphatic carbocycles. The van der Waals surface area contributed by atoms with Gasteiger partial charge in [0.25, 0.3) is 11.8 Å². The minimum Gasteiger partial charge on any atom is -0.457 e. The number of amides is 2. The highest BCUT2D eigenvalue weighted by atomic mass is 19.1. The lowest BCUT2D eigenvalue weighted by molar-refractivity contribution is -0.141. The fraction of sp³-hybridized carbons (Fsp3) is 0.0556. The molecule has 1 aliphatic heterocycles. The largest absolute Gasteiger partial charge is 0.457 e. The van der Waals surface area contributed by atoms with Crippen LogP contribution in [0.4, 0.5) is 14.5 Å². The topological polar surface area (TPSA) is 84.5 Å². The van der Waals surface area contributed by atoms with Crippen LogP contribution in [0.3, 0.4) is 0 Å². The average molecular weight is 358 g/mol. The van der Waals surface area contributed by atoms with E-state index in [-0.39, 0.29) is 12.3 Å². The Morgan fingerprint density at radius 1 is 1.04 bits per heavy atom. The van der Waals surface area contributed by atoms with Gasteiger partial charge in [-0.15, -0.1) is 0 Å². The van der Waals surface area contributed by atoms with Crippen molar-refractivity contribution in [1.29, 1.82) is 0 Å². The molecule has 0 atom stereocenters. The van der Waals surface area contributed by atoms with Crippen molar-refractivity contribution in [3.8, 4) is 0 Å². The lowest BCUT2D eigenvalue weighted by Gasteiger charge is -2.09. The first-order chi connectivity index (χ1) is 12.5. The number of esters is 1. The van der Waals surface area contributed by atoms with Gasteiger partial charge in [0.2, 0.25) is 0 Å². The highest BCUT2D eigenvalue weighted by molar-refractivity contribution is 6.31. The van der Waals surface area contributed by atoms with Gasteiger partial charge in [0, 0.05) is 6.07 Å². The predicted molar refractivity (Wildman–Crippen MR) is 86.4 cm³/mol. The van der Waals surface area contributed by atoms with Gasteiger partial charge >= 0.3 is 5.97 Å². The van der Waals surface area contributed by atoms with Crippen LogP contribution in [-0.2, 0) is 25.7 Å². The second kappa shape index (κ2) is 7.14. The van der Waals surface area contributed by atoms with Gasteiger partial charge in [-0.1, -0.05) is 30.3 Å². The van der Waals surface area contributed by atoms with Crippen molar-refractivity contribution in [2.75, 3.05) is 5.32 Å². The third-order valence-electron chi connectivity index (χ3n) is 3.54. The van der Waals surface area contributed by atoms with E-state index in [4.69, 9.17) is 4.74 Å². The molecule has 0 aromatic heterocycles. The number of ether oxygens (including phenoxy) is 1. The molecule has 3 rings (SSSR count).